The summed E-state index contributed by atoms with van der Waals surface area (Å²) in [6.45, 7) is 0.919. The van der Waals surface area contributed by atoms with Crippen molar-refractivity contribution < 1.29 is 18.1 Å². The molecule has 8 heteroatoms. The largest absolute Gasteiger partial charge is 0.338 e. The molecule has 0 radical (unpaired) electrons. The van der Waals surface area contributed by atoms with Crippen LogP contribution in [-0.4, -0.2) is 39.0 Å². The molecule has 0 unspecified atom stereocenters. The van der Waals surface area contributed by atoms with E-state index in [9.17, 15) is 13.6 Å². The average molecular weight is 370 g/mol. The van der Waals surface area contributed by atoms with Crippen LogP contribution < -0.4 is 0 Å². The van der Waals surface area contributed by atoms with Crippen LogP contribution in [0.4, 0.5) is 8.78 Å². The summed E-state index contributed by atoms with van der Waals surface area (Å²) in [5.41, 5.74) is 0.628. The quantitative estimate of drug-likeness (QED) is 0.706. The van der Waals surface area contributed by atoms with Gasteiger partial charge < -0.3 is 9.42 Å². The second-order valence-electron chi connectivity index (χ2n) is 6.41. The molecule has 3 aromatic rings. The van der Waals surface area contributed by atoms with Crippen molar-refractivity contribution in [1.82, 2.24) is 20.0 Å². The van der Waals surface area contributed by atoms with Gasteiger partial charge in [-0.25, -0.2) is 8.78 Å². The van der Waals surface area contributed by atoms with Crippen molar-refractivity contribution in [2.24, 2.45) is 0 Å². The molecule has 6 nitrogen and oxygen atoms in total. The second-order valence-corrected chi connectivity index (χ2v) is 6.41. The molecule has 1 aromatic carbocycles. The number of amides is 1. The van der Waals surface area contributed by atoms with E-state index >= 15 is 0 Å². The van der Waals surface area contributed by atoms with Gasteiger partial charge in [0.25, 0.3) is 11.8 Å². The maximum Gasteiger partial charge on any atom is 0.257 e. The normalized spacial score (nSPS) is 17.1. The van der Waals surface area contributed by atoms with Gasteiger partial charge in [-0.1, -0.05) is 5.16 Å². The van der Waals surface area contributed by atoms with Crippen molar-refractivity contribution in [3.8, 4) is 11.5 Å². The van der Waals surface area contributed by atoms with Gasteiger partial charge in [-0.05, 0) is 43.2 Å². The lowest BCUT2D eigenvalue weighted by molar-refractivity contribution is 0.0698. The van der Waals surface area contributed by atoms with E-state index in [4.69, 9.17) is 4.52 Å². The van der Waals surface area contributed by atoms with Gasteiger partial charge in [-0.2, -0.15) is 4.98 Å². The number of likely N-dealkylation sites (tertiary alicyclic amines) is 1. The predicted octanol–water partition coefficient (Wildman–Crippen LogP) is 3.43. The molecule has 1 atom stereocenters. The standard InChI is InChI=1S/C19H16F2N4O2/c20-14-5-3-12(4-6-14)18-23-17(24-27-18)13-2-1-9-25(11-13)19(26)15-7-8-22-10-16(15)21/h3-8,10,13H,1-2,9,11H2/t13-/m0/s1. The van der Waals surface area contributed by atoms with Gasteiger partial charge in [0.1, 0.15) is 5.82 Å². The molecule has 1 fully saturated rings. The molecule has 1 saturated heterocycles. The van der Waals surface area contributed by atoms with E-state index in [1.54, 1.807) is 17.0 Å². The number of carbonyl (C=O) groups is 1. The first-order chi connectivity index (χ1) is 13.1. The number of carbonyl (C=O) groups excluding carboxylic acids is 1. The lowest BCUT2D eigenvalue weighted by Crippen LogP contribution is -2.39. The Hall–Kier alpha value is -3.16. The fourth-order valence-electron chi connectivity index (χ4n) is 3.20. The van der Waals surface area contributed by atoms with Gasteiger partial charge in [0, 0.05) is 30.8 Å². The minimum absolute atomic E-state index is 0.00534. The van der Waals surface area contributed by atoms with E-state index in [0.29, 0.717) is 30.4 Å². The third-order valence-corrected chi connectivity index (χ3v) is 4.61. The fourth-order valence-corrected chi connectivity index (χ4v) is 3.20. The molecule has 3 heterocycles. The maximum atomic E-state index is 13.9. The van der Waals surface area contributed by atoms with E-state index in [1.165, 1.54) is 24.4 Å². The number of hydrogen-bond donors (Lipinski definition) is 0. The molecule has 0 saturated carbocycles. The van der Waals surface area contributed by atoms with Crippen LogP contribution in [-0.2, 0) is 0 Å². The summed E-state index contributed by atoms with van der Waals surface area (Å²) in [6.07, 6.45) is 3.98. The van der Waals surface area contributed by atoms with Crippen LogP contribution in [0, 0.1) is 11.6 Å². The number of halogens is 2. The number of aromatic nitrogens is 3. The number of rotatable bonds is 3. The van der Waals surface area contributed by atoms with Crippen LogP contribution in [0.2, 0.25) is 0 Å². The van der Waals surface area contributed by atoms with Crippen molar-refractivity contribution in [2.75, 3.05) is 13.1 Å². The molecule has 27 heavy (non-hydrogen) atoms. The first-order valence-corrected chi connectivity index (χ1v) is 8.60. The zero-order valence-corrected chi connectivity index (χ0v) is 14.3. The smallest absolute Gasteiger partial charge is 0.257 e. The molecular formula is C19H16F2N4O2. The number of benzene rings is 1. The van der Waals surface area contributed by atoms with Crippen molar-refractivity contribution in [3.63, 3.8) is 0 Å². The molecule has 1 amide bonds. The van der Waals surface area contributed by atoms with Gasteiger partial charge in [0.2, 0.25) is 0 Å². The molecular weight excluding hydrogens is 354 g/mol. The fraction of sp³-hybridized carbons (Fsp3) is 0.263. The van der Waals surface area contributed by atoms with Crippen molar-refractivity contribution in [2.45, 2.75) is 18.8 Å². The monoisotopic (exact) mass is 370 g/mol. The third-order valence-electron chi connectivity index (χ3n) is 4.61. The molecule has 0 spiro atoms. The second kappa shape index (κ2) is 7.22. The van der Waals surface area contributed by atoms with E-state index < -0.39 is 5.82 Å². The lowest BCUT2D eigenvalue weighted by Gasteiger charge is -2.31. The predicted molar refractivity (Wildman–Crippen MR) is 91.8 cm³/mol. The van der Waals surface area contributed by atoms with Gasteiger partial charge in [0.15, 0.2) is 11.6 Å². The van der Waals surface area contributed by atoms with Gasteiger partial charge in [-0.15, -0.1) is 0 Å². The highest BCUT2D eigenvalue weighted by molar-refractivity contribution is 5.94. The van der Waals surface area contributed by atoms with Gasteiger partial charge in [-0.3, -0.25) is 9.78 Å². The van der Waals surface area contributed by atoms with Crippen LogP contribution in [0.15, 0.2) is 47.2 Å². The number of nitrogens with zero attached hydrogens (tertiary/aromatic N) is 4. The Morgan fingerprint density at radius 1 is 1.19 bits per heavy atom. The van der Waals surface area contributed by atoms with Crippen LogP contribution in [0.3, 0.4) is 0 Å². The Morgan fingerprint density at radius 2 is 2.00 bits per heavy atom. The van der Waals surface area contributed by atoms with Crippen LogP contribution in [0.1, 0.15) is 34.9 Å². The summed E-state index contributed by atoms with van der Waals surface area (Å²) < 4.78 is 32.2. The zero-order valence-electron chi connectivity index (χ0n) is 14.3. The molecule has 0 bridgehead atoms. The number of pyridine rings is 1. The Labute approximate surface area is 153 Å². The molecule has 4 rings (SSSR count). The summed E-state index contributed by atoms with van der Waals surface area (Å²) in [5.74, 6) is -0.672. The summed E-state index contributed by atoms with van der Waals surface area (Å²) in [6, 6.07) is 7.15. The Kier molecular flexibility index (Phi) is 4.62. The van der Waals surface area contributed by atoms with Gasteiger partial charge in [0.05, 0.1) is 11.8 Å². The zero-order chi connectivity index (χ0) is 18.8. The minimum atomic E-state index is -0.636. The van der Waals surface area contributed by atoms with E-state index in [0.717, 1.165) is 19.0 Å². The Morgan fingerprint density at radius 3 is 2.78 bits per heavy atom. The molecule has 2 aromatic heterocycles. The average Bonchev–Trinajstić information content (AvgIpc) is 3.19. The number of piperidine rings is 1. The summed E-state index contributed by atoms with van der Waals surface area (Å²) >= 11 is 0. The summed E-state index contributed by atoms with van der Waals surface area (Å²) in [4.78, 5) is 22.3. The highest BCUT2D eigenvalue weighted by Gasteiger charge is 2.29. The topological polar surface area (TPSA) is 72.1 Å². The third kappa shape index (κ3) is 3.55. The SMILES string of the molecule is O=C(c1ccncc1F)N1CCC[C@H](c2noc(-c3ccc(F)cc3)n2)C1. The van der Waals surface area contributed by atoms with E-state index in [-0.39, 0.29) is 23.2 Å². The lowest BCUT2D eigenvalue weighted by atomic mass is 9.96. The van der Waals surface area contributed by atoms with E-state index in [1.807, 2.05) is 0 Å². The van der Waals surface area contributed by atoms with Crippen LogP contribution in [0.5, 0.6) is 0 Å². The first kappa shape index (κ1) is 17.3. The van der Waals surface area contributed by atoms with Crippen molar-refractivity contribution >= 4 is 5.91 Å². The van der Waals surface area contributed by atoms with Gasteiger partial charge >= 0.3 is 0 Å². The maximum absolute atomic E-state index is 13.9. The Balaban J connectivity index is 1.51. The van der Waals surface area contributed by atoms with E-state index in [2.05, 4.69) is 15.1 Å². The molecule has 0 N–H and O–H groups in total. The molecule has 0 aliphatic carbocycles. The first-order valence-electron chi connectivity index (χ1n) is 8.60. The molecule has 1 aliphatic heterocycles. The van der Waals surface area contributed by atoms with Crippen molar-refractivity contribution in [3.05, 3.63) is 65.7 Å². The van der Waals surface area contributed by atoms with Crippen molar-refractivity contribution in [1.29, 1.82) is 0 Å². The highest BCUT2D eigenvalue weighted by Crippen LogP contribution is 2.28. The molecule has 138 valence electrons. The molecule has 1 aliphatic rings. The van der Waals surface area contributed by atoms with Crippen LogP contribution in [0.25, 0.3) is 11.5 Å². The number of hydrogen-bond acceptors (Lipinski definition) is 5. The Bertz CT molecular complexity index is 958. The minimum Gasteiger partial charge on any atom is -0.338 e. The summed E-state index contributed by atoms with van der Waals surface area (Å²) in [7, 11) is 0. The highest BCUT2D eigenvalue weighted by atomic mass is 19.1. The summed E-state index contributed by atoms with van der Waals surface area (Å²) in [5, 5.41) is 4.02. The van der Waals surface area contributed by atoms with Crippen LogP contribution >= 0.6 is 0 Å².